The fourth-order valence-electron chi connectivity index (χ4n) is 2.34. The van der Waals surface area contributed by atoms with Crippen LogP contribution in [0.3, 0.4) is 0 Å². The average Bonchev–Trinajstić information content (AvgIpc) is 3.15. The van der Waals surface area contributed by atoms with Crippen LogP contribution in [0, 0.1) is 18.7 Å². The van der Waals surface area contributed by atoms with Crippen molar-refractivity contribution in [3.8, 4) is 0 Å². The Morgan fingerprint density at radius 2 is 2.11 bits per heavy atom. The summed E-state index contributed by atoms with van der Waals surface area (Å²) in [6.07, 6.45) is 4.17. The first kappa shape index (κ1) is 12.4. The summed E-state index contributed by atoms with van der Waals surface area (Å²) in [6, 6.07) is 6.99. The Balaban J connectivity index is 1.69. The number of aryl methyl sites for hydroxylation is 1. The van der Waals surface area contributed by atoms with Gasteiger partial charge < -0.3 is 9.73 Å². The molecule has 19 heavy (non-hydrogen) atoms. The van der Waals surface area contributed by atoms with E-state index in [0.717, 1.165) is 11.3 Å². The molecule has 0 saturated heterocycles. The summed E-state index contributed by atoms with van der Waals surface area (Å²) in [6.45, 7) is 2.49. The van der Waals surface area contributed by atoms with Crippen LogP contribution in [0.5, 0.6) is 0 Å². The van der Waals surface area contributed by atoms with E-state index in [9.17, 15) is 4.39 Å². The van der Waals surface area contributed by atoms with Crippen LogP contribution < -0.4 is 5.32 Å². The highest BCUT2D eigenvalue weighted by atomic mass is 19.1. The van der Waals surface area contributed by atoms with Gasteiger partial charge in [0.25, 0.3) is 0 Å². The van der Waals surface area contributed by atoms with E-state index in [2.05, 4.69) is 10.3 Å². The van der Waals surface area contributed by atoms with Gasteiger partial charge in [-0.2, -0.15) is 0 Å². The quantitative estimate of drug-likeness (QED) is 0.895. The smallest absolute Gasteiger partial charge is 0.208 e. The Hall–Kier alpha value is -1.68. The van der Waals surface area contributed by atoms with Crippen molar-refractivity contribution >= 4 is 0 Å². The molecule has 1 saturated carbocycles. The minimum atomic E-state index is -0.193. The molecule has 1 aliphatic carbocycles. The normalized spacial score (nSPS) is 16.5. The fraction of sp³-hybridized carbons (Fsp3) is 0.400. The first-order chi connectivity index (χ1) is 9.22. The molecule has 1 fully saturated rings. The number of nitrogens with zero attached hydrogens (tertiary/aromatic N) is 1. The molecule has 1 aromatic carbocycles. The summed E-state index contributed by atoms with van der Waals surface area (Å²) in [5.74, 6) is 1.97. The second kappa shape index (κ2) is 5.13. The molecule has 0 bridgehead atoms. The van der Waals surface area contributed by atoms with Crippen molar-refractivity contribution in [2.24, 2.45) is 5.92 Å². The predicted octanol–water partition coefficient (Wildman–Crippen LogP) is 3.36. The van der Waals surface area contributed by atoms with Gasteiger partial charge in [-0.25, -0.2) is 9.37 Å². The van der Waals surface area contributed by atoms with Crippen molar-refractivity contribution in [1.82, 2.24) is 10.3 Å². The number of halogens is 1. The van der Waals surface area contributed by atoms with Gasteiger partial charge in [0.05, 0.1) is 12.7 Å². The standard InChI is InChI=1S/C15H17FN2O/c1-10-8-17-14(19-10)9-18-15(11-2-3-11)12-4-6-13(16)7-5-12/h4-8,11,15,18H,2-3,9H2,1H3. The van der Waals surface area contributed by atoms with Crippen molar-refractivity contribution in [3.05, 3.63) is 53.5 Å². The lowest BCUT2D eigenvalue weighted by Crippen LogP contribution is -2.22. The van der Waals surface area contributed by atoms with Crippen LogP contribution in [-0.2, 0) is 6.54 Å². The van der Waals surface area contributed by atoms with E-state index < -0.39 is 0 Å². The summed E-state index contributed by atoms with van der Waals surface area (Å²) >= 11 is 0. The lowest BCUT2D eigenvalue weighted by Gasteiger charge is -2.17. The predicted molar refractivity (Wildman–Crippen MR) is 69.9 cm³/mol. The molecule has 3 rings (SSSR count). The topological polar surface area (TPSA) is 38.1 Å². The molecule has 1 aliphatic rings. The molecule has 100 valence electrons. The number of rotatable bonds is 5. The molecule has 1 atom stereocenters. The van der Waals surface area contributed by atoms with Crippen molar-refractivity contribution in [1.29, 1.82) is 0 Å². The monoisotopic (exact) mass is 260 g/mol. The number of aromatic nitrogens is 1. The van der Waals surface area contributed by atoms with E-state index in [0.29, 0.717) is 18.4 Å². The van der Waals surface area contributed by atoms with E-state index in [1.807, 2.05) is 19.1 Å². The van der Waals surface area contributed by atoms with Gasteiger partial charge in [0, 0.05) is 6.04 Å². The SMILES string of the molecule is Cc1cnc(CNC(c2ccc(F)cc2)C2CC2)o1. The fourth-order valence-corrected chi connectivity index (χ4v) is 2.34. The van der Waals surface area contributed by atoms with Gasteiger partial charge in [-0.1, -0.05) is 12.1 Å². The Bertz CT molecular complexity index is 546. The van der Waals surface area contributed by atoms with Gasteiger partial charge in [-0.3, -0.25) is 0 Å². The number of hydrogen-bond acceptors (Lipinski definition) is 3. The van der Waals surface area contributed by atoms with E-state index in [1.54, 1.807) is 6.20 Å². The number of nitrogens with one attached hydrogen (secondary N) is 1. The Morgan fingerprint density at radius 1 is 1.37 bits per heavy atom. The second-order valence-electron chi connectivity index (χ2n) is 5.11. The Labute approximate surface area is 111 Å². The molecule has 1 heterocycles. The molecule has 0 spiro atoms. The summed E-state index contributed by atoms with van der Waals surface area (Å²) in [5, 5.41) is 3.47. The largest absolute Gasteiger partial charge is 0.445 e. The number of oxazole rings is 1. The van der Waals surface area contributed by atoms with Crippen LogP contribution in [0.1, 0.15) is 36.1 Å². The van der Waals surface area contributed by atoms with Crippen LogP contribution in [-0.4, -0.2) is 4.98 Å². The number of hydrogen-bond donors (Lipinski definition) is 1. The average molecular weight is 260 g/mol. The molecular formula is C15H17FN2O. The number of benzene rings is 1. The summed E-state index contributed by atoms with van der Waals surface area (Å²) < 4.78 is 18.4. The summed E-state index contributed by atoms with van der Waals surface area (Å²) in [7, 11) is 0. The zero-order valence-corrected chi connectivity index (χ0v) is 10.9. The lowest BCUT2D eigenvalue weighted by molar-refractivity contribution is 0.406. The molecule has 1 aromatic heterocycles. The van der Waals surface area contributed by atoms with Crippen molar-refractivity contribution in [2.75, 3.05) is 0 Å². The van der Waals surface area contributed by atoms with Crippen molar-refractivity contribution in [3.63, 3.8) is 0 Å². The molecule has 1 unspecified atom stereocenters. The third-order valence-electron chi connectivity index (χ3n) is 3.46. The van der Waals surface area contributed by atoms with Gasteiger partial charge in [0.2, 0.25) is 5.89 Å². The minimum absolute atomic E-state index is 0.193. The zero-order valence-electron chi connectivity index (χ0n) is 10.9. The molecule has 0 radical (unpaired) electrons. The molecule has 0 aliphatic heterocycles. The highest BCUT2D eigenvalue weighted by Crippen LogP contribution is 2.41. The van der Waals surface area contributed by atoms with Crippen LogP contribution >= 0.6 is 0 Å². The molecule has 1 N–H and O–H groups in total. The molecule has 0 amide bonds. The van der Waals surface area contributed by atoms with Crippen LogP contribution in [0.15, 0.2) is 34.9 Å². The third-order valence-corrected chi connectivity index (χ3v) is 3.46. The Kier molecular flexibility index (Phi) is 3.34. The van der Waals surface area contributed by atoms with E-state index in [1.165, 1.54) is 25.0 Å². The van der Waals surface area contributed by atoms with Gasteiger partial charge >= 0.3 is 0 Å². The van der Waals surface area contributed by atoms with Crippen molar-refractivity contribution in [2.45, 2.75) is 32.4 Å². The van der Waals surface area contributed by atoms with E-state index in [4.69, 9.17) is 4.42 Å². The third kappa shape index (κ3) is 3.01. The van der Waals surface area contributed by atoms with Crippen LogP contribution in [0.25, 0.3) is 0 Å². The minimum Gasteiger partial charge on any atom is -0.445 e. The van der Waals surface area contributed by atoms with Gasteiger partial charge in [-0.15, -0.1) is 0 Å². The molecule has 3 nitrogen and oxygen atoms in total. The first-order valence-electron chi connectivity index (χ1n) is 6.62. The molecular weight excluding hydrogens is 243 g/mol. The first-order valence-corrected chi connectivity index (χ1v) is 6.62. The maximum absolute atomic E-state index is 13.0. The van der Waals surface area contributed by atoms with Crippen molar-refractivity contribution < 1.29 is 8.81 Å². The van der Waals surface area contributed by atoms with Gasteiger partial charge in [0.1, 0.15) is 11.6 Å². The van der Waals surface area contributed by atoms with Crippen LogP contribution in [0.2, 0.25) is 0 Å². The lowest BCUT2D eigenvalue weighted by atomic mass is 10.0. The summed E-state index contributed by atoms with van der Waals surface area (Å²) in [4.78, 5) is 4.19. The van der Waals surface area contributed by atoms with E-state index >= 15 is 0 Å². The van der Waals surface area contributed by atoms with Crippen LogP contribution in [0.4, 0.5) is 4.39 Å². The highest BCUT2D eigenvalue weighted by Gasteiger charge is 2.32. The van der Waals surface area contributed by atoms with Gasteiger partial charge in [-0.05, 0) is 43.4 Å². The zero-order chi connectivity index (χ0) is 13.2. The van der Waals surface area contributed by atoms with Gasteiger partial charge in [0.15, 0.2) is 0 Å². The molecule has 2 aromatic rings. The highest BCUT2D eigenvalue weighted by molar-refractivity contribution is 5.22. The summed E-state index contributed by atoms with van der Waals surface area (Å²) in [5.41, 5.74) is 1.13. The maximum Gasteiger partial charge on any atom is 0.208 e. The maximum atomic E-state index is 13.0. The van der Waals surface area contributed by atoms with E-state index in [-0.39, 0.29) is 11.9 Å². The Morgan fingerprint density at radius 3 is 2.68 bits per heavy atom. The second-order valence-corrected chi connectivity index (χ2v) is 5.11. The molecule has 4 heteroatoms.